The molecule has 1 unspecified atom stereocenters. The summed E-state index contributed by atoms with van der Waals surface area (Å²) in [5, 5.41) is 9.64. The average molecular weight is 180 g/mol. The first-order valence-electron chi connectivity index (χ1n) is 4.98. The molecular weight excluding hydrogens is 160 g/mol. The zero-order chi connectivity index (χ0) is 10.1. The maximum absolute atomic E-state index is 9.64. The second-order valence-electron chi connectivity index (χ2n) is 5.27. The number of hydrogen-bond donors (Lipinski definition) is 1. The Bertz CT molecular complexity index is 240. The topological polar surface area (TPSA) is 20.2 Å². The fourth-order valence-electron chi connectivity index (χ4n) is 1.74. The molecule has 0 radical (unpaired) electrons. The van der Waals surface area contributed by atoms with Gasteiger partial charge in [-0.05, 0) is 35.8 Å². The number of aliphatic hydroxyl groups excluding tert-OH is 1. The van der Waals surface area contributed by atoms with E-state index in [2.05, 4.69) is 33.8 Å². The molecule has 1 atom stereocenters. The minimum atomic E-state index is 0.272. The van der Waals surface area contributed by atoms with Crippen molar-refractivity contribution >= 4 is 0 Å². The van der Waals surface area contributed by atoms with Crippen LogP contribution in [0.15, 0.2) is 23.5 Å². The molecule has 1 nitrogen and oxygen atoms in total. The zero-order valence-corrected chi connectivity index (χ0v) is 9.09. The SMILES string of the molecule is CC1C=CC(O)=C(CC(C)(C)C)C1. The van der Waals surface area contributed by atoms with Crippen molar-refractivity contribution in [3.8, 4) is 0 Å². The lowest BCUT2D eigenvalue weighted by Crippen LogP contribution is -2.11. The van der Waals surface area contributed by atoms with Gasteiger partial charge in [-0.15, -0.1) is 0 Å². The van der Waals surface area contributed by atoms with E-state index >= 15 is 0 Å². The lowest BCUT2D eigenvalue weighted by molar-refractivity contribution is 0.363. The van der Waals surface area contributed by atoms with E-state index in [9.17, 15) is 5.11 Å². The van der Waals surface area contributed by atoms with E-state index in [-0.39, 0.29) is 5.41 Å². The molecule has 0 aromatic carbocycles. The highest BCUT2D eigenvalue weighted by Gasteiger charge is 2.19. The van der Waals surface area contributed by atoms with Crippen LogP contribution in [-0.4, -0.2) is 5.11 Å². The van der Waals surface area contributed by atoms with Gasteiger partial charge in [-0.2, -0.15) is 0 Å². The lowest BCUT2D eigenvalue weighted by Gasteiger charge is -2.24. The van der Waals surface area contributed by atoms with Gasteiger partial charge in [-0.1, -0.05) is 33.8 Å². The molecule has 0 bridgehead atoms. The molecule has 1 N–H and O–H groups in total. The van der Waals surface area contributed by atoms with Crippen LogP contribution in [0.25, 0.3) is 0 Å². The van der Waals surface area contributed by atoms with E-state index in [1.54, 1.807) is 0 Å². The molecule has 0 aromatic heterocycles. The minimum Gasteiger partial charge on any atom is -0.508 e. The first-order valence-corrected chi connectivity index (χ1v) is 4.98. The van der Waals surface area contributed by atoms with Crippen molar-refractivity contribution in [2.24, 2.45) is 11.3 Å². The summed E-state index contributed by atoms with van der Waals surface area (Å²) >= 11 is 0. The highest BCUT2D eigenvalue weighted by atomic mass is 16.3. The van der Waals surface area contributed by atoms with Crippen molar-refractivity contribution in [1.29, 1.82) is 0 Å². The van der Waals surface area contributed by atoms with Gasteiger partial charge in [-0.25, -0.2) is 0 Å². The van der Waals surface area contributed by atoms with Crippen LogP contribution in [0.5, 0.6) is 0 Å². The highest BCUT2D eigenvalue weighted by Crippen LogP contribution is 2.32. The average Bonchev–Trinajstić information content (AvgIpc) is 1.94. The normalized spacial score (nSPS) is 23.8. The molecule has 0 fully saturated rings. The molecule has 74 valence electrons. The Morgan fingerprint density at radius 3 is 2.62 bits per heavy atom. The fourth-order valence-corrected chi connectivity index (χ4v) is 1.74. The lowest BCUT2D eigenvalue weighted by atomic mass is 9.82. The molecule has 1 heteroatoms. The van der Waals surface area contributed by atoms with Crippen molar-refractivity contribution in [2.45, 2.75) is 40.5 Å². The van der Waals surface area contributed by atoms with E-state index in [1.165, 1.54) is 5.57 Å². The Hall–Kier alpha value is -0.720. The molecule has 1 aliphatic carbocycles. The van der Waals surface area contributed by atoms with Crippen molar-refractivity contribution in [1.82, 2.24) is 0 Å². The maximum Gasteiger partial charge on any atom is 0.114 e. The van der Waals surface area contributed by atoms with Crippen molar-refractivity contribution in [3.63, 3.8) is 0 Å². The Labute approximate surface area is 81.2 Å². The quantitative estimate of drug-likeness (QED) is 0.650. The second kappa shape index (κ2) is 3.57. The van der Waals surface area contributed by atoms with Gasteiger partial charge in [0.1, 0.15) is 5.76 Å². The van der Waals surface area contributed by atoms with Crippen LogP contribution in [-0.2, 0) is 0 Å². The summed E-state index contributed by atoms with van der Waals surface area (Å²) < 4.78 is 0. The van der Waals surface area contributed by atoms with Crippen molar-refractivity contribution < 1.29 is 5.11 Å². The van der Waals surface area contributed by atoms with Crippen LogP contribution < -0.4 is 0 Å². The molecule has 0 saturated carbocycles. The van der Waals surface area contributed by atoms with Crippen LogP contribution in [0.4, 0.5) is 0 Å². The smallest absolute Gasteiger partial charge is 0.114 e. The van der Waals surface area contributed by atoms with Crippen LogP contribution in [0.1, 0.15) is 40.5 Å². The van der Waals surface area contributed by atoms with Crippen LogP contribution >= 0.6 is 0 Å². The Morgan fingerprint density at radius 2 is 2.08 bits per heavy atom. The number of allylic oxidation sites excluding steroid dienone is 3. The Kier molecular flexibility index (Phi) is 2.84. The zero-order valence-electron chi connectivity index (χ0n) is 9.09. The van der Waals surface area contributed by atoms with Crippen molar-refractivity contribution in [2.75, 3.05) is 0 Å². The number of rotatable bonds is 1. The predicted molar refractivity (Wildman–Crippen MR) is 56.6 cm³/mol. The molecule has 1 aliphatic rings. The highest BCUT2D eigenvalue weighted by molar-refractivity contribution is 5.25. The molecule has 0 amide bonds. The van der Waals surface area contributed by atoms with Crippen LogP contribution in [0, 0.1) is 11.3 Å². The van der Waals surface area contributed by atoms with E-state index < -0.39 is 0 Å². The minimum absolute atomic E-state index is 0.272. The van der Waals surface area contributed by atoms with Gasteiger partial charge in [0.25, 0.3) is 0 Å². The number of aliphatic hydroxyl groups is 1. The molecule has 0 saturated heterocycles. The van der Waals surface area contributed by atoms with Gasteiger partial charge in [0.15, 0.2) is 0 Å². The Balaban J connectivity index is 2.73. The van der Waals surface area contributed by atoms with Gasteiger partial charge >= 0.3 is 0 Å². The number of hydrogen-bond acceptors (Lipinski definition) is 1. The van der Waals surface area contributed by atoms with Gasteiger partial charge in [-0.3, -0.25) is 0 Å². The summed E-state index contributed by atoms with van der Waals surface area (Å²) in [5.41, 5.74) is 1.48. The summed E-state index contributed by atoms with van der Waals surface area (Å²) in [6.45, 7) is 8.80. The first-order chi connectivity index (χ1) is 5.88. The van der Waals surface area contributed by atoms with Crippen LogP contribution in [0.2, 0.25) is 0 Å². The molecule has 1 rings (SSSR count). The summed E-state index contributed by atoms with van der Waals surface area (Å²) in [5.74, 6) is 1.07. The van der Waals surface area contributed by atoms with E-state index in [4.69, 9.17) is 0 Å². The summed E-state index contributed by atoms with van der Waals surface area (Å²) in [7, 11) is 0. The third kappa shape index (κ3) is 3.25. The van der Waals surface area contributed by atoms with Gasteiger partial charge in [0, 0.05) is 0 Å². The molecule has 0 aromatic rings. The second-order valence-corrected chi connectivity index (χ2v) is 5.27. The maximum atomic E-state index is 9.64. The monoisotopic (exact) mass is 180 g/mol. The van der Waals surface area contributed by atoms with E-state index in [0.29, 0.717) is 11.7 Å². The van der Waals surface area contributed by atoms with Gasteiger partial charge in [0.05, 0.1) is 0 Å². The van der Waals surface area contributed by atoms with Gasteiger partial charge in [0.2, 0.25) is 0 Å². The fraction of sp³-hybridized carbons (Fsp3) is 0.667. The van der Waals surface area contributed by atoms with E-state index in [1.807, 2.05) is 6.08 Å². The molecule has 0 aliphatic heterocycles. The molecule has 13 heavy (non-hydrogen) atoms. The summed E-state index contributed by atoms with van der Waals surface area (Å²) in [6.07, 6.45) is 5.92. The van der Waals surface area contributed by atoms with Gasteiger partial charge < -0.3 is 5.11 Å². The Morgan fingerprint density at radius 1 is 1.46 bits per heavy atom. The third-order valence-electron chi connectivity index (χ3n) is 2.26. The molecule has 0 spiro atoms. The summed E-state index contributed by atoms with van der Waals surface area (Å²) in [6, 6.07) is 0. The largest absolute Gasteiger partial charge is 0.508 e. The first kappa shape index (κ1) is 10.4. The van der Waals surface area contributed by atoms with E-state index in [0.717, 1.165) is 12.8 Å². The van der Waals surface area contributed by atoms with Crippen molar-refractivity contribution in [3.05, 3.63) is 23.5 Å². The standard InChI is InChI=1S/C12H20O/c1-9-5-6-11(13)10(7-9)8-12(2,3)4/h5-6,9,13H,7-8H2,1-4H3. The molecule has 0 heterocycles. The predicted octanol–water partition coefficient (Wildman–Crippen LogP) is 3.83. The molecular formula is C12H20O. The summed E-state index contributed by atoms with van der Waals surface area (Å²) in [4.78, 5) is 0. The van der Waals surface area contributed by atoms with Crippen LogP contribution in [0.3, 0.4) is 0 Å². The third-order valence-corrected chi connectivity index (χ3v) is 2.26.